The quantitative estimate of drug-likeness (QED) is 0.697. The molecule has 0 aliphatic carbocycles. The van der Waals surface area contributed by atoms with Gasteiger partial charge in [0, 0.05) is 13.0 Å². The predicted octanol–water partition coefficient (Wildman–Crippen LogP) is 0.662. The number of aromatic nitrogens is 3. The first-order valence-electron chi connectivity index (χ1n) is 4.93. The second-order valence-electron chi connectivity index (χ2n) is 3.43. The summed E-state index contributed by atoms with van der Waals surface area (Å²) in [7, 11) is 0. The molecule has 0 saturated heterocycles. The van der Waals surface area contributed by atoms with Gasteiger partial charge in [0.25, 0.3) is 0 Å². The van der Waals surface area contributed by atoms with Gasteiger partial charge in [0.05, 0.1) is 11.9 Å². The van der Waals surface area contributed by atoms with Crippen molar-refractivity contribution >= 4 is 5.78 Å². The summed E-state index contributed by atoms with van der Waals surface area (Å²) in [6.07, 6.45) is 2.93. The summed E-state index contributed by atoms with van der Waals surface area (Å²) < 4.78 is 1.51. The number of ketones is 1. The van der Waals surface area contributed by atoms with E-state index in [0.717, 1.165) is 12.0 Å². The van der Waals surface area contributed by atoms with Crippen LogP contribution in [0.3, 0.4) is 0 Å². The van der Waals surface area contributed by atoms with E-state index in [9.17, 15) is 4.79 Å². The zero-order chi connectivity index (χ0) is 11.3. The number of hydrogen-bond acceptors (Lipinski definition) is 4. The van der Waals surface area contributed by atoms with Gasteiger partial charge >= 0.3 is 0 Å². The molecule has 1 heterocycles. The lowest BCUT2D eigenvalue weighted by molar-refractivity contribution is -0.119. The minimum absolute atomic E-state index is 0.0929. The first-order valence-corrected chi connectivity index (χ1v) is 4.93. The highest BCUT2D eigenvalue weighted by Gasteiger charge is 2.06. The molecule has 15 heavy (non-hydrogen) atoms. The van der Waals surface area contributed by atoms with Crippen LogP contribution >= 0.6 is 0 Å². The van der Waals surface area contributed by atoms with E-state index in [1.165, 1.54) is 4.68 Å². The molecule has 0 unspecified atom stereocenters. The molecular weight excluding hydrogens is 192 g/mol. The van der Waals surface area contributed by atoms with E-state index in [0.29, 0.717) is 18.7 Å². The smallest absolute Gasteiger partial charge is 0.158 e. The number of allylic oxidation sites excluding steroid dienone is 1. The molecule has 0 atom stereocenters. The van der Waals surface area contributed by atoms with E-state index in [1.54, 1.807) is 6.20 Å². The van der Waals surface area contributed by atoms with Crippen LogP contribution in [0.1, 0.15) is 25.5 Å². The van der Waals surface area contributed by atoms with E-state index >= 15 is 0 Å². The highest BCUT2D eigenvalue weighted by Crippen LogP contribution is 2.04. The van der Waals surface area contributed by atoms with Gasteiger partial charge in [-0.3, -0.25) is 4.79 Å². The van der Waals surface area contributed by atoms with Crippen molar-refractivity contribution in [1.29, 1.82) is 0 Å². The summed E-state index contributed by atoms with van der Waals surface area (Å²) in [6.45, 7) is 6.36. The zero-order valence-electron chi connectivity index (χ0n) is 8.94. The van der Waals surface area contributed by atoms with Crippen LogP contribution in [0, 0.1) is 0 Å². The van der Waals surface area contributed by atoms with Gasteiger partial charge in [0.1, 0.15) is 6.54 Å². The third-order valence-corrected chi connectivity index (χ3v) is 2.08. The topological polar surface area (TPSA) is 73.8 Å². The van der Waals surface area contributed by atoms with Gasteiger partial charge < -0.3 is 5.73 Å². The second-order valence-corrected chi connectivity index (χ2v) is 3.43. The molecule has 5 nitrogen and oxygen atoms in total. The minimum atomic E-state index is 0.0929. The fourth-order valence-electron chi connectivity index (χ4n) is 1.15. The Morgan fingerprint density at radius 1 is 1.67 bits per heavy atom. The van der Waals surface area contributed by atoms with Gasteiger partial charge in [0.2, 0.25) is 0 Å². The number of hydrogen-bond donors (Lipinski definition) is 1. The number of carbonyl (C=O) groups is 1. The summed E-state index contributed by atoms with van der Waals surface area (Å²) in [5.41, 5.74) is 7.02. The van der Waals surface area contributed by atoms with Crippen molar-refractivity contribution in [3.63, 3.8) is 0 Å². The third-order valence-electron chi connectivity index (χ3n) is 2.08. The molecule has 1 rings (SSSR count). The normalized spacial score (nSPS) is 10.3. The molecule has 0 aromatic carbocycles. The van der Waals surface area contributed by atoms with Crippen LogP contribution in [0.4, 0.5) is 0 Å². The fourth-order valence-corrected chi connectivity index (χ4v) is 1.15. The number of Topliss-reactive ketones (excluding diaryl/α,β-unsaturated/α-hetero) is 1. The van der Waals surface area contributed by atoms with Crippen LogP contribution in [-0.2, 0) is 17.9 Å². The Labute approximate surface area is 89.0 Å². The van der Waals surface area contributed by atoms with E-state index < -0.39 is 0 Å². The van der Waals surface area contributed by atoms with Crippen molar-refractivity contribution in [3.05, 3.63) is 24.0 Å². The summed E-state index contributed by atoms with van der Waals surface area (Å²) in [5.74, 6) is 0.0929. The number of carbonyl (C=O) groups excluding carboxylic acids is 1. The summed E-state index contributed by atoms with van der Waals surface area (Å²) in [5, 5.41) is 7.60. The third kappa shape index (κ3) is 3.63. The maximum atomic E-state index is 11.5. The molecule has 0 aliphatic heterocycles. The van der Waals surface area contributed by atoms with Crippen molar-refractivity contribution in [2.24, 2.45) is 5.73 Å². The molecule has 5 heteroatoms. The predicted molar refractivity (Wildman–Crippen MR) is 57.0 cm³/mol. The van der Waals surface area contributed by atoms with Crippen molar-refractivity contribution in [3.8, 4) is 0 Å². The van der Waals surface area contributed by atoms with Crippen molar-refractivity contribution in [2.75, 3.05) is 0 Å². The van der Waals surface area contributed by atoms with Gasteiger partial charge in [-0.15, -0.1) is 5.10 Å². The van der Waals surface area contributed by atoms with Crippen LogP contribution in [0.2, 0.25) is 0 Å². The molecule has 0 aliphatic rings. The zero-order valence-corrected chi connectivity index (χ0v) is 8.94. The fraction of sp³-hybridized carbons (Fsp3) is 0.500. The van der Waals surface area contributed by atoms with Gasteiger partial charge in [-0.05, 0) is 6.42 Å². The molecule has 0 amide bonds. The maximum absolute atomic E-state index is 11.5. The van der Waals surface area contributed by atoms with Gasteiger partial charge in [0.15, 0.2) is 5.78 Å². The minimum Gasteiger partial charge on any atom is -0.325 e. The first kappa shape index (κ1) is 11.6. The van der Waals surface area contributed by atoms with E-state index in [2.05, 4.69) is 16.9 Å². The molecule has 82 valence electrons. The molecule has 0 bridgehead atoms. The summed E-state index contributed by atoms with van der Waals surface area (Å²) in [6, 6.07) is 0. The largest absolute Gasteiger partial charge is 0.325 e. The monoisotopic (exact) mass is 208 g/mol. The van der Waals surface area contributed by atoms with Crippen LogP contribution in [0.5, 0.6) is 0 Å². The lowest BCUT2D eigenvalue weighted by atomic mass is 10.1. The average molecular weight is 208 g/mol. The average Bonchev–Trinajstić information content (AvgIpc) is 2.65. The van der Waals surface area contributed by atoms with Gasteiger partial charge in [-0.25, -0.2) is 4.68 Å². The van der Waals surface area contributed by atoms with Crippen LogP contribution in [0.15, 0.2) is 18.3 Å². The molecular formula is C10H16N4O. The van der Waals surface area contributed by atoms with E-state index in [4.69, 9.17) is 5.73 Å². The Morgan fingerprint density at radius 3 is 2.93 bits per heavy atom. The van der Waals surface area contributed by atoms with Gasteiger partial charge in [-0.2, -0.15) is 0 Å². The molecule has 0 fully saturated rings. The van der Waals surface area contributed by atoms with Crippen molar-refractivity contribution in [1.82, 2.24) is 15.0 Å². The molecule has 2 N–H and O–H groups in total. The summed E-state index contributed by atoms with van der Waals surface area (Å²) >= 11 is 0. The maximum Gasteiger partial charge on any atom is 0.158 e. The SMILES string of the molecule is C=C(CC)CC(=O)Cn1cc(CN)nn1. The number of rotatable bonds is 6. The van der Waals surface area contributed by atoms with Crippen molar-refractivity contribution in [2.45, 2.75) is 32.9 Å². The highest BCUT2D eigenvalue weighted by atomic mass is 16.1. The first-order chi connectivity index (χ1) is 7.15. The van der Waals surface area contributed by atoms with Crippen LogP contribution in [0.25, 0.3) is 0 Å². The second kappa shape index (κ2) is 5.41. The Hall–Kier alpha value is -1.49. The lowest BCUT2D eigenvalue weighted by Crippen LogP contribution is -2.11. The Morgan fingerprint density at radius 2 is 2.40 bits per heavy atom. The Bertz CT molecular complexity index is 356. The van der Waals surface area contributed by atoms with Gasteiger partial charge in [-0.1, -0.05) is 24.3 Å². The van der Waals surface area contributed by atoms with Crippen LogP contribution in [-0.4, -0.2) is 20.8 Å². The van der Waals surface area contributed by atoms with E-state index in [1.807, 2.05) is 6.92 Å². The Kier molecular flexibility index (Phi) is 4.17. The highest BCUT2D eigenvalue weighted by molar-refractivity contribution is 5.80. The molecule has 1 aromatic rings. The lowest BCUT2D eigenvalue weighted by Gasteiger charge is -2.01. The summed E-state index contributed by atoms with van der Waals surface area (Å²) in [4.78, 5) is 11.5. The molecule has 0 radical (unpaired) electrons. The van der Waals surface area contributed by atoms with Crippen molar-refractivity contribution < 1.29 is 4.79 Å². The standard InChI is InChI=1S/C10H16N4O/c1-3-8(2)4-10(15)7-14-6-9(5-11)12-13-14/h6H,2-5,7,11H2,1H3. The Balaban J connectivity index is 2.47. The molecule has 0 saturated carbocycles. The molecule has 1 aromatic heterocycles. The van der Waals surface area contributed by atoms with E-state index in [-0.39, 0.29) is 12.3 Å². The number of nitrogens with zero attached hydrogens (tertiary/aromatic N) is 3. The number of nitrogens with two attached hydrogens (primary N) is 1. The van der Waals surface area contributed by atoms with Crippen LogP contribution < -0.4 is 5.73 Å². The molecule has 0 spiro atoms.